The van der Waals surface area contributed by atoms with Crippen LogP contribution in [-0.4, -0.2) is 26.1 Å². The predicted molar refractivity (Wildman–Crippen MR) is 82.5 cm³/mol. The second-order valence-corrected chi connectivity index (χ2v) is 15.8. The Balaban J connectivity index is 3.14. The lowest BCUT2D eigenvalue weighted by Gasteiger charge is -2.04. The van der Waals surface area contributed by atoms with Gasteiger partial charge in [0.15, 0.2) is 0 Å². The summed E-state index contributed by atoms with van der Waals surface area (Å²) in [4.78, 5) is 8.56. The zero-order valence-electron chi connectivity index (χ0n) is 12.0. The lowest BCUT2D eigenvalue weighted by Crippen LogP contribution is -2.17. The van der Waals surface area contributed by atoms with Gasteiger partial charge in [0.05, 0.1) is 0 Å². The Morgan fingerprint density at radius 1 is 0.722 bits per heavy atom. The minimum Gasteiger partial charge on any atom is -0.243 e. The van der Waals surface area contributed by atoms with E-state index >= 15 is 0 Å². The Labute approximate surface area is 112 Å². The van der Waals surface area contributed by atoms with E-state index in [0.717, 1.165) is 0 Å². The minimum atomic E-state index is -1.39. The lowest BCUT2D eigenvalue weighted by molar-refractivity contribution is 1.15. The van der Waals surface area contributed by atoms with Crippen LogP contribution in [0.2, 0.25) is 39.3 Å². The lowest BCUT2D eigenvalue weighted by atomic mass is 10.3. The van der Waals surface area contributed by atoms with Gasteiger partial charge in [-0.05, 0) is 0 Å². The second kappa shape index (κ2) is 5.52. The monoisotopic (exact) mass is 272 g/mol. The molecule has 0 saturated carbocycles. The molecule has 94 valence electrons. The summed E-state index contributed by atoms with van der Waals surface area (Å²) in [5, 5.41) is 0. The van der Waals surface area contributed by atoms with Gasteiger partial charge in [-0.1, -0.05) is 51.1 Å². The van der Waals surface area contributed by atoms with Gasteiger partial charge in [0.1, 0.15) is 27.5 Å². The van der Waals surface area contributed by atoms with Gasteiger partial charge >= 0.3 is 0 Å². The maximum Gasteiger partial charge on any atom is 0.146 e. The Kier molecular flexibility index (Phi) is 4.50. The summed E-state index contributed by atoms with van der Waals surface area (Å²) in [6.45, 7) is 13.3. The SMILES string of the molecule is C[Si](C)(C)C#Cc1nccnc1C#C[Si](C)(C)C. The molecule has 0 saturated heterocycles. The molecule has 2 nitrogen and oxygen atoms in total. The number of nitrogens with zero attached hydrogens (tertiary/aromatic N) is 2. The highest BCUT2D eigenvalue weighted by molar-refractivity contribution is 6.84. The van der Waals surface area contributed by atoms with E-state index in [0.29, 0.717) is 11.4 Å². The molecule has 0 atom stereocenters. The molecule has 0 radical (unpaired) electrons. The van der Waals surface area contributed by atoms with Crippen molar-refractivity contribution < 1.29 is 0 Å². The Morgan fingerprint density at radius 2 is 1.06 bits per heavy atom. The molecule has 0 unspecified atom stereocenters. The highest BCUT2D eigenvalue weighted by atomic mass is 28.3. The fourth-order valence-corrected chi connectivity index (χ4v) is 2.00. The van der Waals surface area contributed by atoms with Crippen LogP contribution in [0.3, 0.4) is 0 Å². The molecule has 0 aliphatic carbocycles. The molecule has 0 fully saturated rings. The van der Waals surface area contributed by atoms with Crippen LogP contribution in [0.15, 0.2) is 12.4 Å². The highest BCUT2D eigenvalue weighted by Gasteiger charge is 2.10. The molecular weight excluding hydrogens is 252 g/mol. The van der Waals surface area contributed by atoms with E-state index in [-0.39, 0.29) is 0 Å². The molecule has 0 bridgehead atoms. The molecule has 0 N–H and O–H groups in total. The predicted octanol–water partition coefficient (Wildman–Crippen LogP) is 2.93. The average Bonchev–Trinajstić information content (AvgIpc) is 2.22. The van der Waals surface area contributed by atoms with Crippen LogP contribution in [0.25, 0.3) is 0 Å². The first kappa shape index (κ1) is 14.7. The molecule has 18 heavy (non-hydrogen) atoms. The molecule has 0 aromatic carbocycles. The summed E-state index contributed by atoms with van der Waals surface area (Å²) in [5.41, 5.74) is 8.04. The van der Waals surface area contributed by atoms with Gasteiger partial charge in [-0.2, -0.15) is 0 Å². The van der Waals surface area contributed by atoms with Crippen molar-refractivity contribution in [1.82, 2.24) is 9.97 Å². The van der Waals surface area contributed by atoms with Crippen LogP contribution in [0.5, 0.6) is 0 Å². The van der Waals surface area contributed by atoms with Crippen molar-refractivity contribution in [3.63, 3.8) is 0 Å². The Bertz CT molecular complexity index is 492. The average molecular weight is 272 g/mol. The second-order valence-electron chi connectivity index (χ2n) is 6.25. The van der Waals surface area contributed by atoms with Gasteiger partial charge in [0.2, 0.25) is 0 Å². The molecule has 0 amide bonds. The number of hydrogen-bond acceptors (Lipinski definition) is 2. The fraction of sp³-hybridized carbons (Fsp3) is 0.429. The van der Waals surface area contributed by atoms with Crippen LogP contribution in [0, 0.1) is 22.9 Å². The number of rotatable bonds is 0. The van der Waals surface area contributed by atoms with Gasteiger partial charge in [0.25, 0.3) is 0 Å². The zero-order chi connectivity index (χ0) is 13.8. The van der Waals surface area contributed by atoms with Crippen molar-refractivity contribution in [1.29, 1.82) is 0 Å². The molecule has 0 aliphatic heterocycles. The fourth-order valence-electron chi connectivity index (χ4n) is 1.01. The maximum atomic E-state index is 4.28. The van der Waals surface area contributed by atoms with Gasteiger partial charge in [-0.25, -0.2) is 9.97 Å². The standard InChI is InChI=1S/C14H20N2Si2/c1-17(2,3)11-7-13-14(16-10-9-15-13)8-12-18(4,5)6/h9-10H,1-6H3. The molecule has 1 heterocycles. The minimum absolute atomic E-state index is 0.714. The van der Waals surface area contributed by atoms with Crippen molar-refractivity contribution >= 4 is 16.1 Å². The molecular formula is C14H20N2Si2. The van der Waals surface area contributed by atoms with Crippen molar-refractivity contribution in [2.24, 2.45) is 0 Å². The molecule has 1 aromatic heterocycles. The molecule has 1 aromatic rings. The first-order valence-electron chi connectivity index (χ1n) is 6.05. The first-order chi connectivity index (χ1) is 8.17. The topological polar surface area (TPSA) is 25.8 Å². The van der Waals surface area contributed by atoms with E-state index in [1.54, 1.807) is 12.4 Å². The molecule has 4 heteroatoms. The van der Waals surface area contributed by atoms with Crippen LogP contribution in [0.1, 0.15) is 11.4 Å². The summed E-state index contributed by atoms with van der Waals surface area (Å²) < 4.78 is 0. The zero-order valence-corrected chi connectivity index (χ0v) is 14.0. The van der Waals surface area contributed by atoms with E-state index in [4.69, 9.17) is 0 Å². The van der Waals surface area contributed by atoms with E-state index in [9.17, 15) is 0 Å². The largest absolute Gasteiger partial charge is 0.243 e. The Morgan fingerprint density at radius 3 is 1.33 bits per heavy atom. The summed E-state index contributed by atoms with van der Waals surface area (Å²) in [5.74, 6) is 6.28. The van der Waals surface area contributed by atoms with Gasteiger partial charge in [-0.15, -0.1) is 11.1 Å². The molecule has 1 rings (SSSR count). The van der Waals surface area contributed by atoms with Crippen LogP contribution in [-0.2, 0) is 0 Å². The maximum absolute atomic E-state index is 4.28. The van der Waals surface area contributed by atoms with E-state index < -0.39 is 16.1 Å². The number of aromatic nitrogens is 2. The van der Waals surface area contributed by atoms with Crippen molar-refractivity contribution in [2.75, 3.05) is 0 Å². The summed E-state index contributed by atoms with van der Waals surface area (Å²) in [7, 11) is -2.78. The Hall–Kier alpha value is -1.37. The summed E-state index contributed by atoms with van der Waals surface area (Å²) in [6.07, 6.45) is 3.35. The van der Waals surface area contributed by atoms with Crippen molar-refractivity contribution in [3.05, 3.63) is 23.8 Å². The van der Waals surface area contributed by atoms with Gasteiger partial charge in [-0.3, -0.25) is 0 Å². The van der Waals surface area contributed by atoms with E-state index in [1.165, 1.54) is 0 Å². The van der Waals surface area contributed by atoms with Gasteiger partial charge in [0, 0.05) is 12.4 Å². The summed E-state index contributed by atoms with van der Waals surface area (Å²) in [6, 6.07) is 0. The van der Waals surface area contributed by atoms with Crippen LogP contribution in [0.4, 0.5) is 0 Å². The third-order valence-electron chi connectivity index (χ3n) is 1.81. The van der Waals surface area contributed by atoms with E-state index in [2.05, 4.69) is 72.2 Å². The van der Waals surface area contributed by atoms with Crippen LogP contribution >= 0.6 is 0 Å². The summed E-state index contributed by atoms with van der Waals surface area (Å²) >= 11 is 0. The van der Waals surface area contributed by atoms with Crippen LogP contribution < -0.4 is 0 Å². The third-order valence-corrected chi connectivity index (χ3v) is 3.56. The molecule has 0 aliphatic rings. The van der Waals surface area contributed by atoms with E-state index in [1.807, 2.05) is 0 Å². The van der Waals surface area contributed by atoms with Crippen molar-refractivity contribution in [2.45, 2.75) is 39.3 Å². The number of hydrogen-bond donors (Lipinski definition) is 0. The normalized spacial score (nSPS) is 11.0. The van der Waals surface area contributed by atoms with Crippen molar-refractivity contribution in [3.8, 4) is 22.9 Å². The quantitative estimate of drug-likeness (QED) is 0.536. The molecule has 0 spiro atoms. The smallest absolute Gasteiger partial charge is 0.146 e. The highest BCUT2D eigenvalue weighted by Crippen LogP contribution is 2.03. The first-order valence-corrected chi connectivity index (χ1v) is 13.0. The third kappa shape index (κ3) is 5.81. The van der Waals surface area contributed by atoms with Gasteiger partial charge < -0.3 is 0 Å².